The number of hydrogen-bond acceptors (Lipinski definition) is 5. The van der Waals surface area contributed by atoms with Gasteiger partial charge in [-0.15, -0.1) is 12.4 Å². The minimum atomic E-state index is -0.330. The van der Waals surface area contributed by atoms with Crippen LogP contribution in [0.25, 0.3) is 0 Å². The second-order valence-electron chi connectivity index (χ2n) is 8.08. The molecule has 1 heterocycles. The highest BCUT2D eigenvalue weighted by Gasteiger charge is 2.26. The SMILES string of the molecule is CCOC(=O)[C@@H]1CCCN(CCON=C(c2ccc(F)cc2C)c2ccc(F)cc2C)C1.Cl. The first-order valence-electron chi connectivity index (χ1n) is 11.0. The van der Waals surface area contributed by atoms with Crippen LogP contribution in [-0.2, 0) is 14.4 Å². The zero-order chi connectivity index (χ0) is 23.1. The van der Waals surface area contributed by atoms with E-state index in [1.165, 1.54) is 24.3 Å². The molecule has 180 valence electrons. The van der Waals surface area contributed by atoms with E-state index in [1.54, 1.807) is 26.0 Å². The maximum Gasteiger partial charge on any atom is 0.310 e. The fourth-order valence-electron chi connectivity index (χ4n) is 4.02. The van der Waals surface area contributed by atoms with Crippen LogP contribution < -0.4 is 0 Å². The molecule has 0 amide bonds. The van der Waals surface area contributed by atoms with Crippen LogP contribution in [0.2, 0.25) is 0 Å². The van der Waals surface area contributed by atoms with Gasteiger partial charge in [0.25, 0.3) is 0 Å². The van der Waals surface area contributed by atoms with Gasteiger partial charge >= 0.3 is 5.97 Å². The molecule has 2 aromatic carbocycles. The van der Waals surface area contributed by atoms with Gasteiger partial charge in [0.2, 0.25) is 0 Å². The second kappa shape index (κ2) is 12.7. The van der Waals surface area contributed by atoms with Gasteiger partial charge in [0, 0.05) is 24.2 Å². The zero-order valence-corrected chi connectivity index (χ0v) is 20.1. The quantitative estimate of drug-likeness (QED) is 0.230. The molecular formula is C25H31ClF2N2O3. The van der Waals surface area contributed by atoms with Crippen molar-refractivity contribution < 1.29 is 23.1 Å². The van der Waals surface area contributed by atoms with E-state index in [0.717, 1.165) is 30.5 Å². The lowest BCUT2D eigenvalue weighted by Gasteiger charge is -2.30. The monoisotopic (exact) mass is 480 g/mol. The van der Waals surface area contributed by atoms with Crippen molar-refractivity contribution in [2.24, 2.45) is 11.1 Å². The molecular weight excluding hydrogens is 450 g/mol. The third-order valence-corrected chi connectivity index (χ3v) is 5.67. The van der Waals surface area contributed by atoms with Crippen molar-refractivity contribution in [1.29, 1.82) is 0 Å². The average Bonchev–Trinajstić information content (AvgIpc) is 2.75. The number of oxime groups is 1. The molecule has 5 nitrogen and oxygen atoms in total. The standard InChI is InChI=1S/C25H30F2N2O3.ClH/c1-4-31-25(30)19-6-5-11-29(16-19)12-13-32-28-24(22-9-7-20(26)14-17(22)2)23-10-8-21(27)15-18(23)3;/h7-10,14-15,19H,4-6,11-13,16H2,1-3H3;1H/t19-;/m1./s1. The number of hydrogen-bond donors (Lipinski definition) is 0. The first-order chi connectivity index (χ1) is 15.4. The Labute approximate surface area is 200 Å². The van der Waals surface area contributed by atoms with E-state index in [1.807, 2.05) is 6.92 Å². The van der Waals surface area contributed by atoms with E-state index in [-0.39, 0.29) is 35.9 Å². The average molecular weight is 481 g/mol. The van der Waals surface area contributed by atoms with Crippen LogP contribution in [-0.4, -0.2) is 49.4 Å². The second-order valence-corrected chi connectivity index (χ2v) is 8.08. The molecule has 0 bridgehead atoms. The molecule has 0 radical (unpaired) electrons. The Hall–Kier alpha value is -2.51. The molecule has 1 aliphatic heterocycles. The van der Waals surface area contributed by atoms with E-state index >= 15 is 0 Å². The lowest BCUT2D eigenvalue weighted by Crippen LogP contribution is -2.40. The van der Waals surface area contributed by atoms with E-state index in [9.17, 15) is 13.6 Å². The molecule has 0 unspecified atom stereocenters. The summed E-state index contributed by atoms with van der Waals surface area (Å²) in [6.45, 7) is 8.30. The molecule has 1 fully saturated rings. The van der Waals surface area contributed by atoms with Crippen molar-refractivity contribution in [3.8, 4) is 0 Å². The van der Waals surface area contributed by atoms with Crippen LogP contribution in [0.4, 0.5) is 8.78 Å². The van der Waals surface area contributed by atoms with Crippen molar-refractivity contribution in [2.75, 3.05) is 32.8 Å². The van der Waals surface area contributed by atoms with E-state index in [0.29, 0.717) is 43.1 Å². The van der Waals surface area contributed by atoms with Crippen LogP contribution in [0.5, 0.6) is 0 Å². The molecule has 0 saturated carbocycles. The summed E-state index contributed by atoms with van der Waals surface area (Å²) in [7, 11) is 0. The number of carbonyl (C=O) groups is 1. The van der Waals surface area contributed by atoms with Gasteiger partial charge in [-0.1, -0.05) is 5.16 Å². The molecule has 1 aliphatic rings. The van der Waals surface area contributed by atoms with Crippen LogP contribution in [0, 0.1) is 31.4 Å². The fraction of sp³-hybridized carbons (Fsp3) is 0.440. The van der Waals surface area contributed by atoms with Gasteiger partial charge in [-0.3, -0.25) is 9.69 Å². The van der Waals surface area contributed by atoms with Crippen molar-refractivity contribution in [1.82, 2.24) is 4.90 Å². The van der Waals surface area contributed by atoms with Gasteiger partial charge in [0.1, 0.15) is 24.0 Å². The summed E-state index contributed by atoms with van der Waals surface area (Å²) >= 11 is 0. The number of aryl methyl sites for hydroxylation is 2. The summed E-state index contributed by atoms with van der Waals surface area (Å²) in [5, 5.41) is 4.37. The molecule has 2 aromatic rings. The topological polar surface area (TPSA) is 51.1 Å². The van der Waals surface area contributed by atoms with Crippen LogP contribution >= 0.6 is 12.4 Å². The highest BCUT2D eigenvalue weighted by molar-refractivity contribution is 6.14. The summed E-state index contributed by atoms with van der Waals surface area (Å²) in [5.41, 5.74) is 3.40. The third-order valence-electron chi connectivity index (χ3n) is 5.67. The first-order valence-corrected chi connectivity index (χ1v) is 11.0. The van der Waals surface area contributed by atoms with Gasteiger partial charge in [0.05, 0.1) is 12.5 Å². The lowest BCUT2D eigenvalue weighted by molar-refractivity contribution is -0.150. The van der Waals surface area contributed by atoms with E-state index < -0.39 is 0 Å². The fourth-order valence-corrected chi connectivity index (χ4v) is 4.02. The Morgan fingerprint density at radius 1 is 1.09 bits per heavy atom. The van der Waals surface area contributed by atoms with Crippen molar-refractivity contribution in [2.45, 2.75) is 33.6 Å². The molecule has 8 heteroatoms. The number of piperidine rings is 1. The summed E-state index contributed by atoms with van der Waals surface area (Å²) in [6.07, 6.45) is 1.77. The minimum absolute atomic E-state index is 0. The summed E-state index contributed by atoms with van der Waals surface area (Å²) in [5.74, 6) is -0.907. The Morgan fingerprint density at radius 3 is 2.24 bits per heavy atom. The number of benzene rings is 2. The highest BCUT2D eigenvalue weighted by atomic mass is 35.5. The number of nitrogens with zero attached hydrogens (tertiary/aromatic N) is 2. The summed E-state index contributed by atoms with van der Waals surface area (Å²) in [4.78, 5) is 19.9. The predicted octanol–water partition coefficient (Wildman–Crippen LogP) is 5.05. The molecule has 1 saturated heterocycles. The van der Waals surface area contributed by atoms with Gasteiger partial charge in [-0.25, -0.2) is 8.78 Å². The maximum absolute atomic E-state index is 13.6. The van der Waals surface area contributed by atoms with Crippen LogP contribution in [0.1, 0.15) is 42.0 Å². The molecule has 0 aliphatic carbocycles. The van der Waals surface area contributed by atoms with Gasteiger partial charge < -0.3 is 9.57 Å². The molecule has 33 heavy (non-hydrogen) atoms. The predicted molar refractivity (Wildman–Crippen MR) is 127 cm³/mol. The Bertz CT molecular complexity index is 931. The van der Waals surface area contributed by atoms with E-state index in [4.69, 9.17) is 9.57 Å². The number of likely N-dealkylation sites (tertiary alicyclic amines) is 1. The molecule has 0 spiro atoms. The van der Waals surface area contributed by atoms with Crippen molar-refractivity contribution in [3.63, 3.8) is 0 Å². The largest absolute Gasteiger partial charge is 0.466 e. The van der Waals surface area contributed by atoms with Gasteiger partial charge in [-0.2, -0.15) is 0 Å². The number of carbonyl (C=O) groups excluding carboxylic acids is 1. The van der Waals surface area contributed by atoms with Crippen molar-refractivity contribution in [3.05, 3.63) is 70.3 Å². The first kappa shape index (κ1) is 26.7. The third kappa shape index (κ3) is 7.24. The Balaban J connectivity index is 0.00000385. The maximum atomic E-state index is 13.6. The molecule has 0 aromatic heterocycles. The zero-order valence-electron chi connectivity index (χ0n) is 19.3. The number of esters is 1. The van der Waals surface area contributed by atoms with Crippen LogP contribution in [0.3, 0.4) is 0 Å². The Kier molecular flexibility index (Phi) is 10.3. The summed E-state index contributed by atoms with van der Waals surface area (Å²) < 4.78 is 32.4. The lowest BCUT2D eigenvalue weighted by atomic mass is 9.95. The van der Waals surface area contributed by atoms with Gasteiger partial charge in [0.15, 0.2) is 0 Å². The number of rotatable bonds is 8. The molecule has 1 atom stereocenters. The normalized spacial score (nSPS) is 16.0. The van der Waals surface area contributed by atoms with Gasteiger partial charge in [-0.05, 0) is 87.7 Å². The number of ether oxygens (including phenoxy) is 1. The molecule has 0 N–H and O–H groups in total. The molecule has 3 rings (SSSR count). The summed E-state index contributed by atoms with van der Waals surface area (Å²) in [6, 6.07) is 8.94. The van der Waals surface area contributed by atoms with E-state index in [2.05, 4.69) is 10.1 Å². The number of halogens is 3. The van der Waals surface area contributed by atoms with Crippen LogP contribution in [0.15, 0.2) is 41.6 Å². The minimum Gasteiger partial charge on any atom is -0.466 e. The highest BCUT2D eigenvalue weighted by Crippen LogP contribution is 2.21. The smallest absolute Gasteiger partial charge is 0.310 e. The Morgan fingerprint density at radius 2 is 1.70 bits per heavy atom. The van der Waals surface area contributed by atoms with Crippen molar-refractivity contribution >= 4 is 24.1 Å².